The zero-order valence-corrected chi connectivity index (χ0v) is 16.9. The molecule has 146 valence electrons. The predicted octanol–water partition coefficient (Wildman–Crippen LogP) is 3.42. The van der Waals surface area contributed by atoms with Gasteiger partial charge in [0.05, 0.1) is 31.8 Å². The maximum atomic E-state index is 12.3. The lowest BCUT2D eigenvalue weighted by Gasteiger charge is -2.27. The molecule has 0 unspecified atom stereocenters. The van der Waals surface area contributed by atoms with Crippen LogP contribution in [0.4, 0.5) is 0 Å². The highest BCUT2D eigenvalue weighted by molar-refractivity contribution is 8.18. The Morgan fingerprint density at radius 1 is 1.30 bits per heavy atom. The lowest BCUT2D eigenvalue weighted by Crippen LogP contribution is -2.38. The molecule has 0 bridgehead atoms. The summed E-state index contributed by atoms with van der Waals surface area (Å²) in [5, 5.41) is 0.759. The molecule has 0 N–H and O–H groups in total. The molecule has 0 radical (unpaired) electrons. The first-order valence-electron chi connectivity index (χ1n) is 9.23. The van der Waals surface area contributed by atoms with E-state index < -0.39 is 0 Å². The van der Waals surface area contributed by atoms with E-state index >= 15 is 0 Å². The number of hydrogen-bond acceptors (Lipinski definition) is 6. The van der Waals surface area contributed by atoms with Crippen LogP contribution in [0.25, 0.3) is 6.08 Å². The zero-order valence-electron chi connectivity index (χ0n) is 16.1. The molecule has 1 aromatic rings. The van der Waals surface area contributed by atoms with Crippen LogP contribution >= 0.6 is 11.8 Å². The number of amidine groups is 1. The van der Waals surface area contributed by atoms with Gasteiger partial charge in [-0.3, -0.25) is 4.79 Å². The van der Waals surface area contributed by atoms with Gasteiger partial charge in [-0.15, -0.1) is 0 Å². The van der Waals surface area contributed by atoms with Crippen LogP contribution in [0.2, 0.25) is 0 Å². The lowest BCUT2D eigenvalue weighted by molar-refractivity contribution is -0.113. The van der Waals surface area contributed by atoms with E-state index in [4.69, 9.17) is 14.2 Å². The monoisotopic (exact) mass is 390 g/mol. The molecule has 0 atom stereocenters. The first kappa shape index (κ1) is 19.8. The molecule has 7 heteroatoms. The average Bonchev–Trinajstić information content (AvgIpc) is 3.03. The summed E-state index contributed by atoms with van der Waals surface area (Å²) in [5.41, 5.74) is 0.886. The Hall–Kier alpha value is -1.99. The van der Waals surface area contributed by atoms with E-state index in [0.717, 1.165) is 36.0 Å². The van der Waals surface area contributed by atoms with Crippen molar-refractivity contribution in [3.05, 3.63) is 28.7 Å². The molecular weight excluding hydrogens is 364 g/mol. The minimum absolute atomic E-state index is 0.197. The quantitative estimate of drug-likeness (QED) is 0.694. The standard InChI is InChI=1S/C20H26N2O4S/c1-14(2)6-9-26-16-5-4-15(12-17(16)24-3)13-18-19(23)21-20(27-18)22-7-10-25-11-8-22/h4-5,12-14H,6-11H2,1-3H3/b18-13+. The van der Waals surface area contributed by atoms with Crippen molar-refractivity contribution in [3.63, 3.8) is 0 Å². The van der Waals surface area contributed by atoms with E-state index in [0.29, 0.717) is 36.4 Å². The molecular formula is C20H26N2O4S. The summed E-state index contributed by atoms with van der Waals surface area (Å²) < 4.78 is 16.6. The normalized spacial score (nSPS) is 19.0. The molecule has 2 aliphatic heterocycles. The van der Waals surface area contributed by atoms with Crippen LogP contribution < -0.4 is 9.47 Å². The highest BCUT2D eigenvalue weighted by Gasteiger charge is 2.27. The molecule has 0 aromatic heterocycles. The molecule has 0 spiro atoms. The molecule has 1 saturated heterocycles. The Labute approximate surface area is 164 Å². The Morgan fingerprint density at radius 3 is 2.78 bits per heavy atom. The van der Waals surface area contributed by atoms with Crippen LogP contribution in [0.1, 0.15) is 25.8 Å². The van der Waals surface area contributed by atoms with Crippen LogP contribution in [0.5, 0.6) is 11.5 Å². The number of ether oxygens (including phenoxy) is 3. The largest absolute Gasteiger partial charge is 0.493 e. The third kappa shape index (κ3) is 5.26. The fourth-order valence-corrected chi connectivity index (χ4v) is 3.70. The van der Waals surface area contributed by atoms with Crippen molar-refractivity contribution in [1.82, 2.24) is 4.90 Å². The Morgan fingerprint density at radius 2 is 2.07 bits per heavy atom. The maximum absolute atomic E-state index is 12.3. The van der Waals surface area contributed by atoms with Gasteiger partial charge in [0.15, 0.2) is 16.7 Å². The molecule has 2 heterocycles. The van der Waals surface area contributed by atoms with E-state index in [2.05, 4.69) is 23.7 Å². The highest BCUT2D eigenvalue weighted by atomic mass is 32.2. The topological polar surface area (TPSA) is 60.4 Å². The van der Waals surface area contributed by atoms with Gasteiger partial charge in [-0.2, -0.15) is 4.99 Å². The first-order valence-corrected chi connectivity index (χ1v) is 10.0. The first-order chi connectivity index (χ1) is 13.1. The van der Waals surface area contributed by atoms with Gasteiger partial charge < -0.3 is 19.1 Å². The van der Waals surface area contributed by atoms with Crippen molar-refractivity contribution in [2.45, 2.75) is 20.3 Å². The molecule has 1 amide bonds. The van der Waals surface area contributed by atoms with Crippen LogP contribution in [-0.2, 0) is 9.53 Å². The van der Waals surface area contributed by atoms with Gasteiger partial charge in [0.25, 0.3) is 5.91 Å². The van der Waals surface area contributed by atoms with Gasteiger partial charge in [0.1, 0.15) is 0 Å². The fourth-order valence-electron chi connectivity index (χ4n) is 2.74. The predicted molar refractivity (Wildman–Crippen MR) is 108 cm³/mol. The number of nitrogens with zero attached hydrogens (tertiary/aromatic N) is 2. The van der Waals surface area contributed by atoms with Crippen molar-refractivity contribution in [2.24, 2.45) is 10.9 Å². The molecule has 1 fully saturated rings. The number of methoxy groups -OCH3 is 1. The number of carbonyl (C=O) groups is 1. The summed E-state index contributed by atoms with van der Waals surface area (Å²) in [4.78, 5) is 19.2. The molecule has 6 nitrogen and oxygen atoms in total. The molecule has 1 aromatic carbocycles. The van der Waals surface area contributed by atoms with Gasteiger partial charge in [-0.1, -0.05) is 19.9 Å². The SMILES string of the molecule is COc1cc(/C=C2/SC(N3CCOCC3)=NC2=O)ccc1OCCC(C)C. The third-order valence-electron chi connectivity index (χ3n) is 4.33. The van der Waals surface area contributed by atoms with E-state index in [-0.39, 0.29) is 5.91 Å². The van der Waals surface area contributed by atoms with Gasteiger partial charge in [-0.05, 0) is 47.9 Å². The number of amides is 1. The number of thioether (sulfide) groups is 1. The maximum Gasteiger partial charge on any atom is 0.286 e. The molecule has 27 heavy (non-hydrogen) atoms. The van der Waals surface area contributed by atoms with E-state index in [1.54, 1.807) is 7.11 Å². The van der Waals surface area contributed by atoms with Crippen molar-refractivity contribution < 1.29 is 19.0 Å². The average molecular weight is 391 g/mol. The van der Waals surface area contributed by atoms with E-state index in [1.165, 1.54) is 11.8 Å². The van der Waals surface area contributed by atoms with E-state index in [9.17, 15) is 4.79 Å². The van der Waals surface area contributed by atoms with Gasteiger partial charge in [0.2, 0.25) is 0 Å². The van der Waals surface area contributed by atoms with Gasteiger partial charge in [-0.25, -0.2) is 0 Å². The van der Waals surface area contributed by atoms with Crippen molar-refractivity contribution in [2.75, 3.05) is 40.0 Å². The smallest absolute Gasteiger partial charge is 0.286 e. The van der Waals surface area contributed by atoms with Gasteiger partial charge in [0, 0.05) is 13.1 Å². The van der Waals surface area contributed by atoms with Crippen molar-refractivity contribution in [1.29, 1.82) is 0 Å². The second-order valence-electron chi connectivity index (χ2n) is 6.85. The summed E-state index contributed by atoms with van der Waals surface area (Å²) in [7, 11) is 1.62. The summed E-state index contributed by atoms with van der Waals surface area (Å²) >= 11 is 1.41. The Bertz CT molecular complexity index is 739. The summed E-state index contributed by atoms with van der Waals surface area (Å²) in [6, 6.07) is 5.71. The van der Waals surface area contributed by atoms with Crippen molar-refractivity contribution >= 4 is 28.9 Å². The summed E-state index contributed by atoms with van der Waals surface area (Å²) in [6.07, 6.45) is 2.84. The lowest BCUT2D eigenvalue weighted by atomic mass is 10.1. The Kier molecular flexibility index (Phi) is 6.79. The molecule has 0 saturated carbocycles. The Balaban J connectivity index is 1.68. The molecule has 0 aliphatic carbocycles. The van der Waals surface area contributed by atoms with E-state index in [1.807, 2.05) is 24.3 Å². The van der Waals surface area contributed by atoms with Gasteiger partial charge >= 0.3 is 0 Å². The number of rotatable bonds is 6. The summed E-state index contributed by atoms with van der Waals surface area (Å²) in [5.74, 6) is 1.78. The van der Waals surface area contributed by atoms with Crippen molar-refractivity contribution in [3.8, 4) is 11.5 Å². The van der Waals surface area contributed by atoms with Crippen LogP contribution in [0, 0.1) is 5.92 Å². The minimum Gasteiger partial charge on any atom is -0.493 e. The number of benzene rings is 1. The third-order valence-corrected chi connectivity index (χ3v) is 5.37. The summed E-state index contributed by atoms with van der Waals surface area (Å²) in [6.45, 7) is 7.86. The number of hydrogen-bond donors (Lipinski definition) is 0. The zero-order chi connectivity index (χ0) is 19.2. The molecule has 3 rings (SSSR count). The van der Waals surface area contributed by atoms with Crippen LogP contribution in [-0.4, -0.2) is 56.0 Å². The second kappa shape index (κ2) is 9.28. The molecule has 2 aliphatic rings. The number of morpholine rings is 1. The highest BCUT2D eigenvalue weighted by Crippen LogP contribution is 2.33. The second-order valence-corrected chi connectivity index (χ2v) is 7.86. The fraction of sp³-hybridized carbons (Fsp3) is 0.500. The van der Waals surface area contributed by atoms with Crippen LogP contribution in [0.3, 0.4) is 0 Å². The number of carbonyl (C=O) groups excluding carboxylic acids is 1. The number of aliphatic imine (C=N–C) groups is 1. The minimum atomic E-state index is -0.197. The van der Waals surface area contributed by atoms with Crippen LogP contribution in [0.15, 0.2) is 28.1 Å².